The Bertz CT molecular complexity index is 404. The summed E-state index contributed by atoms with van der Waals surface area (Å²) in [5.74, 6) is -0.795. The summed E-state index contributed by atoms with van der Waals surface area (Å²) in [5, 5.41) is 9.42. The molecule has 1 heterocycles. The van der Waals surface area contributed by atoms with Crippen molar-refractivity contribution in [2.45, 2.75) is 6.04 Å². The summed E-state index contributed by atoms with van der Waals surface area (Å²) in [6, 6.07) is 7.06. The molecule has 1 aromatic carbocycles. The van der Waals surface area contributed by atoms with Gasteiger partial charge in [0.25, 0.3) is 0 Å². The van der Waals surface area contributed by atoms with Gasteiger partial charge in [0.15, 0.2) is 0 Å². The van der Waals surface area contributed by atoms with Crippen molar-refractivity contribution < 1.29 is 14.6 Å². The SMILES string of the molecule is O=C(O)C(c1ccccc1I)N1CCOCC1. The normalized spacial score (nSPS) is 18.9. The fourth-order valence-electron chi connectivity index (χ4n) is 2.02. The lowest BCUT2D eigenvalue weighted by Crippen LogP contribution is -2.42. The van der Waals surface area contributed by atoms with Crippen molar-refractivity contribution in [2.75, 3.05) is 26.3 Å². The second kappa shape index (κ2) is 5.79. The molecular weight excluding hydrogens is 333 g/mol. The highest BCUT2D eigenvalue weighted by Crippen LogP contribution is 2.26. The van der Waals surface area contributed by atoms with Crippen LogP contribution in [-0.4, -0.2) is 42.3 Å². The molecule has 1 fully saturated rings. The Labute approximate surface area is 114 Å². The number of aliphatic carboxylic acids is 1. The molecule has 0 amide bonds. The molecule has 92 valence electrons. The first-order valence-corrected chi connectivity index (χ1v) is 6.57. The lowest BCUT2D eigenvalue weighted by atomic mass is 10.1. The van der Waals surface area contributed by atoms with Gasteiger partial charge in [0.1, 0.15) is 6.04 Å². The molecular formula is C12H14INO3. The van der Waals surface area contributed by atoms with E-state index < -0.39 is 12.0 Å². The van der Waals surface area contributed by atoms with Gasteiger partial charge in [-0.05, 0) is 34.2 Å². The van der Waals surface area contributed by atoms with Crippen LogP contribution >= 0.6 is 22.6 Å². The van der Waals surface area contributed by atoms with Gasteiger partial charge in [0.2, 0.25) is 0 Å². The zero-order valence-corrected chi connectivity index (χ0v) is 11.5. The molecule has 0 radical (unpaired) electrons. The van der Waals surface area contributed by atoms with Crippen LogP contribution in [0.1, 0.15) is 11.6 Å². The number of carboxylic acids is 1. The molecule has 1 N–H and O–H groups in total. The first-order chi connectivity index (χ1) is 8.20. The van der Waals surface area contributed by atoms with Crippen LogP contribution in [0, 0.1) is 3.57 Å². The molecule has 1 aromatic rings. The maximum atomic E-state index is 11.5. The summed E-state index contributed by atoms with van der Waals surface area (Å²) in [4.78, 5) is 13.4. The summed E-state index contributed by atoms with van der Waals surface area (Å²) in [6.07, 6.45) is 0. The van der Waals surface area contributed by atoms with Crippen LogP contribution in [0.4, 0.5) is 0 Å². The maximum Gasteiger partial charge on any atom is 0.325 e. The maximum absolute atomic E-state index is 11.5. The van der Waals surface area contributed by atoms with Crippen molar-refractivity contribution in [2.24, 2.45) is 0 Å². The number of benzene rings is 1. The molecule has 0 bridgehead atoms. The number of nitrogens with zero attached hydrogens (tertiary/aromatic N) is 1. The van der Waals surface area contributed by atoms with E-state index in [1.807, 2.05) is 29.2 Å². The highest BCUT2D eigenvalue weighted by molar-refractivity contribution is 14.1. The summed E-state index contributed by atoms with van der Waals surface area (Å²) in [7, 11) is 0. The summed E-state index contributed by atoms with van der Waals surface area (Å²) < 4.78 is 6.25. The van der Waals surface area contributed by atoms with E-state index in [1.165, 1.54) is 0 Å². The van der Waals surface area contributed by atoms with Gasteiger partial charge in [-0.1, -0.05) is 18.2 Å². The lowest BCUT2D eigenvalue weighted by Gasteiger charge is -2.32. The average Bonchev–Trinajstić information content (AvgIpc) is 2.33. The third-order valence-electron chi connectivity index (χ3n) is 2.84. The fraction of sp³-hybridized carbons (Fsp3) is 0.417. The molecule has 4 nitrogen and oxygen atoms in total. The third-order valence-corrected chi connectivity index (χ3v) is 3.83. The van der Waals surface area contributed by atoms with Crippen LogP contribution in [-0.2, 0) is 9.53 Å². The van der Waals surface area contributed by atoms with E-state index in [1.54, 1.807) is 0 Å². The van der Waals surface area contributed by atoms with Gasteiger partial charge in [0, 0.05) is 16.7 Å². The van der Waals surface area contributed by atoms with Crippen LogP contribution in [0.5, 0.6) is 0 Å². The molecule has 17 heavy (non-hydrogen) atoms. The van der Waals surface area contributed by atoms with Crippen molar-refractivity contribution in [3.63, 3.8) is 0 Å². The third kappa shape index (κ3) is 2.97. The number of hydrogen-bond acceptors (Lipinski definition) is 3. The second-order valence-corrected chi connectivity index (χ2v) is 5.07. The number of carbonyl (C=O) groups is 1. The molecule has 1 aliphatic rings. The Morgan fingerprint density at radius 1 is 1.35 bits per heavy atom. The van der Waals surface area contributed by atoms with Gasteiger partial charge in [0.05, 0.1) is 13.2 Å². The van der Waals surface area contributed by atoms with Gasteiger partial charge in [-0.15, -0.1) is 0 Å². The number of rotatable bonds is 3. The Hall–Kier alpha value is -0.660. The molecule has 0 aliphatic carbocycles. The predicted octanol–water partition coefficient (Wildman–Crippen LogP) is 1.75. The molecule has 0 aromatic heterocycles. The van der Waals surface area contributed by atoms with Crippen LogP contribution in [0.3, 0.4) is 0 Å². The van der Waals surface area contributed by atoms with Crippen LogP contribution in [0.2, 0.25) is 0 Å². The Morgan fingerprint density at radius 3 is 2.59 bits per heavy atom. The minimum absolute atomic E-state index is 0.563. The number of ether oxygens (including phenoxy) is 1. The van der Waals surface area contributed by atoms with Gasteiger partial charge in [-0.25, -0.2) is 0 Å². The topological polar surface area (TPSA) is 49.8 Å². The van der Waals surface area contributed by atoms with Gasteiger partial charge in [-0.3, -0.25) is 9.69 Å². The Balaban J connectivity index is 2.28. The number of hydrogen-bond donors (Lipinski definition) is 1. The van der Waals surface area contributed by atoms with Crippen molar-refractivity contribution in [3.05, 3.63) is 33.4 Å². The number of morpholine rings is 1. The molecule has 1 unspecified atom stereocenters. The largest absolute Gasteiger partial charge is 0.480 e. The van der Waals surface area contributed by atoms with E-state index in [4.69, 9.17) is 4.74 Å². The molecule has 0 spiro atoms. The Morgan fingerprint density at radius 2 is 2.00 bits per heavy atom. The van der Waals surface area contributed by atoms with Crippen molar-refractivity contribution in [1.29, 1.82) is 0 Å². The molecule has 2 rings (SSSR count). The van der Waals surface area contributed by atoms with Crippen LogP contribution in [0.15, 0.2) is 24.3 Å². The summed E-state index contributed by atoms with van der Waals surface area (Å²) in [5.41, 5.74) is 0.863. The zero-order valence-electron chi connectivity index (χ0n) is 9.30. The average molecular weight is 347 g/mol. The van der Waals surface area contributed by atoms with E-state index in [0.29, 0.717) is 26.3 Å². The van der Waals surface area contributed by atoms with Crippen molar-refractivity contribution in [3.8, 4) is 0 Å². The fourth-order valence-corrected chi connectivity index (χ4v) is 2.70. The first-order valence-electron chi connectivity index (χ1n) is 5.49. The molecule has 1 aliphatic heterocycles. The Kier molecular flexibility index (Phi) is 4.36. The molecule has 1 saturated heterocycles. The first kappa shape index (κ1) is 12.8. The number of halogens is 1. The monoisotopic (exact) mass is 347 g/mol. The second-order valence-electron chi connectivity index (χ2n) is 3.91. The van der Waals surface area contributed by atoms with E-state index in [9.17, 15) is 9.90 Å². The quantitative estimate of drug-likeness (QED) is 0.847. The smallest absolute Gasteiger partial charge is 0.325 e. The van der Waals surface area contributed by atoms with Gasteiger partial charge in [-0.2, -0.15) is 0 Å². The van der Waals surface area contributed by atoms with Crippen molar-refractivity contribution in [1.82, 2.24) is 4.90 Å². The van der Waals surface area contributed by atoms with Gasteiger partial charge < -0.3 is 9.84 Å². The highest BCUT2D eigenvalue weighted by atomic mass is 127. The highest BCUT2D eigenvalue weighted by Gasteiger charge is 2.29. The minimum atomic E-state index is -0.795. The predicted molar refractivity (Wildman–Crippen MR) is 71.9 cm³/mol. The van der Waals surface area contributed by atoms with E-state index in [-0.39, 0.29) is 0 Å². The lowest BCUT2D eigenvalue weighted by molar-refractivity contribution is -0.145. The van der Waals surface area contributed by atoms with E-state index in [0.717, 1.165) is 9.13 Å². The zero-order chi connectivity index (χ0) is 12.3. The molecule has 5 heteroatoms. The van der Waals surface area contributed by atoms with Gasteiger partial charge >= 0.3 is 5.97 Å². The van der Waals surface area contributed by atoms with Crippen molar-refractivity contribution >= 4 is 28.6 Å². The standard InChI is InChI=1S/C12H14INO3/c13-10-4-2-1-3-9(10)11(12(15)16)14-5-7-17-8-6-14/h1-4,11H,5-8H2,(H,15,16). The van der Waals surface area contributed by atoms with E-state index >= 15 is 0 Å². The molecule has 1 atom stereocenters. The molecule has 0 saturated carbocycles. The summed E-state index contributed by atoms with van der Waals surface area (Å²) >= 11 is 2.18. The van der Waals surface area contributed by atoms with Crippen LogP contribution < -0.4 is 0 Å². The number of carboxylic acid groups (broad SMARTS) is 1. The van der Waals surface area contributed by atoms with Crippen LogP contribution in [0.25, 0.3) is 0 Å². The van der Waals surface area contributed by atoms with E-state index in [2.05, 4.69) is 22.6 Å². The minimum Gasteiger partial charge on any atom is -0.480 e. The summed E-state index contributed by atoms with van der Waals surface area (Å²) in [6.45, 7) is 2.55.